The normalized spacial score (nSPS) is 10.3. The number of carbonyl (C=O) groups is 1. The van der Waals surface area contributed by atoms with Crippen LogP contribution in [0.1, 0.15) is 21.5 Å². The fourth-order valence-electron chi connectivity index (χ4n) is 1.64. The summed E-state index contributed by atoms with van der Waals surface area (Å²) >= 11 is 9.40. The van der Waals surface area contributed by atoms with Crippen molar-refractivity contribution in [2.24, 2.45) is 0 Å². The number of hydrogen-bond acceptors (Lipinski definition) is 1. The third-order valence-electron chi connectivity index (χ3n) is 2.63. The predicted octanol–water partition coefficient (Wildman–Crippen LogP) is 4.64. The summed E-state index contributed by atoms with van der Waals surface area (Å²) in [7, 11) is 0. The van der Waals surface area contributed by atoms with Crippen molar-refractivity contribution in [3.63, 3.8) is 0 Å². The van der Waals surface area contributed by atoms with Crippen LogP contribution < -0.4 is 0 Å². The summed E-state index contributed by atoms with van der Waals surface area (Å²) in [5.41, 5.74) is 2.11. The molecule has 0 aliphatic heterocycles. The number of rotatable bonds is 2. The third kappa shape index (κ3) is 2.43. The second-order valence-electron chi connectivity index (χ2n) is 3.72. The lowest BCUT2D eigenvalue weighted by Crippen LogP contribution is -2.04. The van der Waals surface area contributed by atoms with Gasteiger partial charge in [0.2, 0.25) is 0 Å². The monoisotopic (exact) mass is 308 g/mol. The molecule has 0 N–H and O–H groups in total. The largest absolute Gasteiger partial charge is 0.289 e. The van der Waals surface area contributed by atoms with Crippen LogP contribution in [0, 0.1) is 6.92 Å². The standard InChI is InChI=1S/C14H10BrClO/c1-9-10(6-4-8-13(9)16)14(17)11-5-2-3-7-12(11)15/h2-8H,1H3. The van der Waals surface area contributed by atoms with Gasteiger partial charge >= 0.3 is 0 Å². The first-order valence-corrected chi connectivity index (χ1v) is 6.32. The molecule has 0 radical (unpaired) electrons. The first kappa shape index (κ1) is 12.3. The molecule has 2 aromatic rings. The highest BCUT2D eigenvalue weighted by molar-refractivity contribution is 9.10. The fourth-order valence-corrected chi connectivity index (χ4v) is 2.28. The zero-order valence-electron chi connectivity index (χ0n) is 9.21. The van der Waals surface area contributed by atoms with Gasteiger partial charge in [-0.1, -0.05) is 51.8 Å². The van der Waals surface area contributed by atoms with Gasteiger partial charge in [0.15, 0.2) is 5.78 Å². The summed E-state index contributed by atoms with van der Waals surface area (Å²) in [5, 5.41) is 0.614. The maximum absolute atomic E-state index is 12.4. The van der Waals surface area contributed by atoms with E-state index < -0.39 is 0 Å². The van der Waals surface area contributed by atoms with Crippen LogP contribution in [0.3, 0.4) is 0 Å². The van der Waals surface area contributed by atoms with Gasteiger partial charge in [0.1, 0.15) is 0 Å². The van der Waals surface area contributed by atoms with Crippen molar-refractivity contribution in [3.05, 3.63) is 68.7 Å². The van der Waals surface area contributed by atoms with Gasteiger partial charge in [0.25, 0.3) is 0 Å². The van der Waals surface area contributed by atoms with Crippen LogP contribution in [0.15, 0.2) is 46.9 Å². The van der Waals surface area contributed by atoms with E-state index >= 15 is 0 Å². The van der Waals surface area contributed by atoms with Gasteiger partial charge < -0.3 is 0 Å². The summed E-state index contributed by atoms with van der Waals surface area (Å²) in [6, 6.07) is 12.7. The first-order valence-electron chi connectivity index (χ1n) is 5.15. The first-order chi connectivity index (χ1) is 8.11. The summed E-state index contributed by atoms with van der Waals surface area (Å²) in [6.45, 7) is 1.85. The highest BCUT2D eigenvalue weighted by Crippen LogP contribution is 2.24. The molecule has 0 unspecified atom stereocenters. The maximum Gasteiger partial charge on any atom is 0.194 e. The van der Waals surface area contributed by atoms with E-state index in [9.17, 15) is 4.79 Å². The number of carbonyl (C=O) groups excluding carboxylic acids is 1. The second-order valence-corrected chi connectivity index (χ2v) is 4.98. The van der Waals surface area contributed by atoms with E-state index in [0.717, 1.165) is 10.0 Å². The van der Waals surface area contributed by atoms with Crippen LogP contribution in [0.4, 0.5) is 0 Å². The highest BCUT2D eigenvalue weighted by Gasteiger charge is 2.15. The van der Waals surface area contributed by atoms with Crippen molar-refractivity contribution < 1.29 is 4.79 Å². The maximum atomic E-state index is 12.4. The number of halogens is 2. The van der Waals surface area contributed by atoms with E-state index in [4.69, 9.17) is 11.6 Å². The molecule has 3 heteroatoms. The molecule has 0 spiro atoms. The average Bonchev–Trinajstić information content (AvgIpc) is 2.32. The molecule has 17 heavy (non-hydrogen) atoms. The highest BCUT2D eigenvalue weighted by atomic mass is 79.9. The Morgan fingerprint density at radius 1 is 1.06 bits per heavy atom. The van der Waals surface area contributed by atoms with Crippen LogP contribution >= 0.6 is 27.5 Å². The molecule has 0 aliphatic carbocycles. The van der Waals surface area contributed by atoms with Crippen LogP contribution in [-0.2, 0) is 0 Å². The van der Waals surface area contributed by atoms with Gasteiger partial charge in [-0.15, -0.1) is 0 Å². The lowest BCUT2D eigenvalue weighted by molar-refractivity contribution is 0.103. The summed E-state index contributed by atoms with van der Waals surface area (Å²) < 4.78 is 0.796. The van der Waals surface area contributed by atoms with E-state index in [0.29, 0.717) is 16.1 Å². The molecule has 0 heterocycles. The molecule has 0 atom stereocenters. The third-order valence-corrected chi connectivity index (χ3v) is 3.73. The Kier molecular flexibility index (Phi) is 3.65. The summed E-state index contributed by atoms with van der Waals surface area (Å²) in [6.07, 6.45) is 0. The minimum atomic E-state index is -0.0162. The van der Waals surface area contributed by atoms with Crippen LogP contribution in [0.2, 0.25) is 5.02 Å². The predicted molar refractivity (Wildman–Crippen MR) is 73.8 cm³/mol. The van der Waals surface area contributed by atoms with Gasteiger partial charge in [0.05, 0.1) is 0 Å². The summed E-state index contributed by atoms with van der Waals surface area (Å²) in [4.78, 5) is 12.4. The van der Waals surface area contributed by atoms with Crippen LogP contribution in [-0.4, -0.2) is 5.78 Å². The topological polar surface area (TPSA) is 17.1 Å². The lowest BCUT2D eigenvalue weighted by Gasteiger charge is -2.07. The quantitative estimate of drug-likeness (QED) is 0.738. The minimum absolute atomic E-state index is 0.0162. The van der Waals surface area contributed by atoms with Crippen molar-refractivity contribution in [2.75, 3.05) is 0 Å². The van der Waals surface area contributed by atoms with E-state index in [1.165, 1.54) is 0 Å². The molecule has 0 saturated heterocycles. The summed E-state index contributed by atoms with van der Waals surface area (Å²) in [5.74, 6) is -0.0162. The van der Waals surface area contributed by atoms with Crippen molar-refractivity contribution >= 4 is 33.3 Å². The molecular weight excluding hydrogens is 300 g/mol. The van der Waals surface area contributed by atoms with Crippen molar-refractivity contribution in [1.82, 2.24) is 0 Å². The van der Waals surface area contributed by atoms with E-state index in [-0.39, 0.29) is 5.78 Å². The van der Waals surface area contributed by atoms with E-state index in [1.54, 1.807) is 24.3 Å². The molecule has 0 fully saturated rings. The van der Waals surface area contributed by atoms with Crippen molar-refractivity contribution in [3.8, 4) is 0 Å². The molecule has 0 aromatic heterocycles. The molecular formula is C14H10BrClO. The minimum Gasteiger partial charge on any atom is -0.289 e. The Morgan fingerprint density at radius 3 is 2.41 bits per heavy atom. The molecule has 0 aliphatic rings. The Balaban J connectivity index is 2.52. The molecule has 0 bridgehead atoms. The van der Waals surface area contributed by atoms with Crippen molar-refractivity contribution in [1.29, 1.82) is 0 Å². The molecule has 1 nitrogen and oxygen atoms in total. The smallest absolute Gasteiger partial charge is 0.194 e. The van der Waals surface area contributed by atoms with Gasteiger partial charge in [-0.05, 0) is 30.7 Å². The molecule has 0 saturated carbocycles. The zero-order chi connectivity index (χ0) is 12.4. The molecule has 86 valence electrons. The Labute approximate surface area is 114 Å². The lowest BCUT2D eigenvalue weighted by atomic mass is 9.99. The number of hydrogen-bond donors (Lipinski definition) is 0. The second kappa shape index (κ2) is 5.03. The van der Waals surface area contributed by atoms with Gasteiger partial charge in [-0.2, -0.15) is 0 Å². The van der Waals surface area contributed by atoms with Crippen LogP contribution in [0.25, 0.3) is 0 Å². The Hall–Kier alpha value is -1.12. The fraction of sp³-hybridized carbons (Fsp3) is 0.0714. The van der Waals surface area contributed by atoms with Gasteiger partial charge in [-0.3, -0.25) is 4.79 Å². The average molecular weight is 310 g/mol. The Morgan fingerprint density at radius 2 is 1.71 bits per heavy atom. The SMILES string of the molecule is Cc1c(Cl)cccc1C(=O)c1ccccc1Br. The Bertz CT molecular complexity index is 578. The zero-order valence-corrected chi connectivity index (χ0v) is 11.5. The van der Waals surface area contributed by atoms with Gasteiger partial charge in [0, 0.05) is 20.6 Å². The number of benzene rings is 2. The van der Waals surface area contributed by atoms with E-state index in [2.05, 4.69) is 15.9 Å². The van der Waals surface area contributed by atoms with E-state index in [1.807, 2.05) is 25.1 Å². The molecule has 0 amide bonds. The molecule has 2 aromatic carbocycles. The van der Waals surface area contributed by atoms with Gasteiger partial charge in [-0.25, -0.2) is 0 Å². The van der Waals surface area contributed by atoms with Crippen molar-refractivity contribution in [2.45, 2.75) is 6.92 Å². The number of ketones is 1. The molecule has 2 rings (SSSR count). The van der Waals surface area contributed by atoms with Crippen LogP contribution in [0.5, 0.6) is 0 Å².